The molecule has 19 heavy (non-hydrogen) atoms. The number of anilines is 1. The zero-order chi connectivity index (χ0) is 14.0. The Morgan fingerprint density at radius 1 is 1.21 bits per heavy atom. The molecule has 100 valence electrons. The molecule has 2 aromatic rings. The topological polar surface area (TPSA) is 77.0 Å². The molecule has 0 aliphatic rings. The van der Waals surface area contributed by atoms with Gasteiger partial charge in [0.05, 0.1) is 6.04 Å². The third-order valence-electron chi connectivity index (χ3n) is 2.83. The zero-order valence-corrected chi connectivity index (χ0v) is 10.3. The van der Waals surface area contributed by atoms with E-state index < -0.39 is 17.7 Å². The minimum Gasteiger partial charge on any atom is -0.383 e. The lowest BCUT2D eigenvalue weighted by atomic mass is 9.98. The Kier molecular flexibility index (Phi) is 3.73. The lowest BCUT2D eigenvalue weighted by molar-refractivity contribution is 0.545. The maximum atomic E-state index is 13.8. The van der Waals surface area contributed by atoms with E-state index in [4.69, 9.17) is 11.6 Å². The van der Waals surface area contributed by atoms with Gasteiger partial charge in [-0.1, -0.05) is 0 Å². The van der Waals surface area contributed by atoms with Crippen LogP contribution in [-0.4, -0.2) is 4.98 Å². The second kappa shape index (κ2) is 5.29. The molecule has 1 atom stereocenters. The minimum absolute atomic E-state index is 0.0848. The van der Waals surface area contributed by atoms with Crippen LogP contribution in [0.2, 0.25) is 0 Å². The molecule has 5 N–H and O–H groups in total. The highest BCUT2D eigenvalue weighted by atomic mass is 19.1. The Balaban J connectivity index is 2.55. The van der Waals surface area contributed by atoms with E-state index in [0.717, 1.165) is 23.8 Å². The van der Waals surface area contributed by atoms with Gasteiger partial charge in [0.2, 0.25) is 0 Å². The molecule has 0 saturated heterocycles. The summed E-state index contributed by atoms with van der Waals surface area (Å²) in [7, 11) is 0. The monoisotopic (exact) mass is 264 g/mol. The van der Waals surface area contributed by atoms with E-state index in [1.807, 2.05) is 6.92 Å². The Morgan fingerprint density at radius 3 is 2.63 bits per heavy atom. The average molecular weight is 264 g/mol. The van der Waals surface area contributed by atoms with Gasteiger partial charge in [-0.25, -0.2) is 19.2 Å². The summed E-state index contributed by atoms with van der Waals surface area (Å²) < 4.78 is 27.1. The molecule has 6 heteroatoms. The van der Waals surface area contributed by atoms with Gasteiger partial charge in [0.1, 0.15) is 17.5 Å². The molecule has 0 saturated carbocycles. The van der Waals surface area contributed by atoms with E-state index in [9.17, 15) is 8.78 Å². The summed E-state index contributed by atoms with van der Waals surface area (Å²) in [5.41, 5.74) is 9.65. The highest BCUT2D eigenvalue weighted by Gasteiger charge is 2.20. The molecule has 0 bridgehead atoms. The average Bonchev–Trinajstić information content (AvgIpc) is 2.38. The smallest absolute Gasteiger partial charge is 0.128 e. The molecule has 1 aromatic carbocycles. The van der Waals surface area contributed by atoms with Crippen LogP contribution in [0.25, 0.3) is 0 Å². The fourth-order valence-corrected chi connectivity index (χ4v) is 1.92. The van der Waals surface area contributed by atoms with Crippen LogP contribution in [0.4, 0.5) is 14.6 Å². The van der Waals surface area contributed by atoms with Gasteiger partial charge in [-0.2, -0.15) is 0 Å². The second-order valence-electron chi connectivity index (χ2n) is 4.25. The highest BCUT2D eigenvalue weighted by molar-refractivity contribution is 5.47. The van der Waals surface area contributed by atoms with Crippen LogP contribution in [0.15, 0.2) is 30.5 Å². The molecular formula is C13H14F2N4. The second-order valence-corrected chi connectivity index (χ2v) is 4.25. The van der Waals surface area contributed by atoms with Crippen molar-refractivity contribution in [2.24, 2.45) is 5.84 Å². The molecule has 4 nitrogen and oxygen atoms in total. The van der Waals surface area contributed by atoms with Crippen LogP contribution in [0.5, 0.6) is 0 Å². The molecule has 0 aliphatic carbocycles. The third-order valence-corrected chi connectivity index (χ3v) is 2.83. The maximum Gasteiger partial charge on any atom is 0.128 e. The van der Waals surface area contributed by atoms with Crippen LogP contribution >= 0.6 is 0 Å². The van der Waals surface area contributed by atoms with Crippen LogP contribution < -0.4 is 17.0 Å². The number of pyridine rings is 1. The number of halogens is 2. The van der Waals surface area contributed by atoms with Crippen molar-refractivity contribution in [3.8, 4) is 0 Å². The van der Waals surface area contributed by atoms with E-state index in [-0.39, 0.29) is 11.4 Å². The quantitative estimate of drug-likeness (QED) is 0.583. The number of nitrogens with two attached hydrogens (primary N) is 2. The van der Waals surface area contributed by atoms with Gasteiger partial charge in [0.25, 0.3) is 0 Å². The molecular weight excluding hydrogens is 250 g/mol. The molecule has 0 spiro atoms. The molecule has 0 radical (unpaired) electrons. The van der Waals surface area contributed by atoms with Crippen molar-refractivity contribution < 1.29 is 8.78 Å². The van der Waals surface area contributed by atoms with Crippen molar-refractivity contribution >= 4 is 5.82 Å². The number of nitrogen functional groups attached to an aromatic ring is 1. The molecule has 0 aliphatic heterocycles. The SMILES string of the molecule is Cc1cnc(N)c(C(NN)c2cc(F)ccc2F)c1. The first-order chi connectivity index (χ1) is 9.02. The third kappa shape index (κ3) is 2.69. The standard InChI is InChI=1S/C13H14F2N4/c1-7-4-10(13(16)18-6-7)12(19-17)9-5-8(14)2-3-11(9)15/h2-6,12,19H,17H2,1H3,(H2,16,18). The lowest BCUT2D eigenvalue weighted by Crippen LogP contribution is -2.30. The Labute approximate surface area is 109 Å². The molecule has 0 fully saturated rings. The maximum absolute atomic E-state index is 13.8. The number of aryl methyl sites for hydroxylation is 1. The number of benzene rings is 1. The van der Waals surface area contributed by atoms with E-state index >= 15 is 0 Å². The van der Waals surface area contributed by atoms with Gasteiger partial charge < -0.3 is 5.73 Å². The van der Waals surface area contributed by atoms with E-state index in [2.05, 4.69) is 10.4 Å². The Bertz CT molecular complexity index is 550. The first kappa shape index (κ1) is 13.4. The molecule has 0 amide bonds. The summed E-state index contributed by atoms with van der Waals surface area (Å²) in [6, 6.07) is 4.15. The summed E-state index contributed by atoms with van der Waals surface area (Å²) >= 11 is 0. The number of hydrogen-bond donors (Lipinski definition) is 3. The number of nitrogens with one attached hydrogen (secondary N) is 1. The first-order valence-corrected chi connectivity index (χ1v) is 5.66. The molecule has 1 unspecified atom stereocenters. The van der Waals surface area contributed by atoms with E-state index in [1.165, 1.54) is 0 Å². The lowest BCUT2D eigenvalue weighted by Gasteiger charge is -2.19. The number of aromatic nitrogens is 1. The largest absolute Gasteiger partial charge is 0.383 e. The van der Waals surface area contributed by atoms with Crippen LogP contribution in [0, 0.1) is 18.6 Å². The highest BCUT2D eigenvalue weighted by Crippen LogP contribution is 2.28. The Morgan fingerprint density at radius 2 is 1.95 bits per heavy atom. The van der Waals surface area contributed by atoms with Crippen molar-refractivity contribution in [2.75, 3.05) is 5.73 Å². The van der Waals surface area contributed by atoms with Crippen molar-refractivity contribution in [1.29, 1.82) is 0 Å². The predicted molar refractivity (Wildman–Crippen MR) is 68.9 cm³/mol. The summed E-state index contributed by atoms with van der Waals surface area (Å²) in [6.07, 6.45) is 1.59. The fourth-order valence-electron chi connectivity index (χ4n) is 1.92. The summed E-state index contributed by atoms with van der Waals surface area (Å²) in [4.78, 5) is 3.99. The Hall–Kier alpha value is -2.05. The van der Waals surface area contributed by atoms with Crippen molar-refractivity contribution in [3.63, 3.8) is 0 Å². The summed E-state index contributed by atoms with van der Waals surface area (Å²) in [5, 5.41) is 0. The van der Waals surface area contributed by atoms with Crippen LogP contribution in [-0.2, 0) is 0 Å². The van der Waals surface area contributed by atoms with Gasteiger partial charge in [0, 0.05) is 17.3 Å². The van der Waals surface area contributed by atoms with Gasteiger partial charge in [-0.05, 0) is 36.8 Å². The minimum atomic E-state index is -0.761. The van der Waals surface area contributed by atoms with Crippen molar-refractivity contribution in [3.05, 3.63) is 58.8 Å². The van der Waals surface area contributed by atoms with Gasteiger partial charge in [-0.15, -0.1) is 0 Å². The van der Waals surface area contributed by atoms with Crippen molar-refractivity contribution in [2.45, 2.75) is 13.0 Å². The molecule has 1 aromatic heterocycles. The van der Waals surface area contributed by atoms with E-state index in [1.54, 1.807) is 12.3 Å². The van der Waals surface area contributed by atoms with Crippen LogP contribution in [0.1, 0.15) is 22.7 Å². The molecule has 2 rings (SSSR count). The van der Waals surface area contributed by atoms with Gasteiger partial charge in [-0.3, -0.25) is 5.84 Å². The van der Waals surface area contributed by atoms with Gasteiger partial charge in [0.15, 0.2) is 0 Å². The molecule has 1 heterocycles. The zero-order valence-electron chi connectivity index (χ0n) is 10.3. The predicted octanol–water partition coefficient (Wildman–Crippen LogP) is 1.80. The number of hydrazine groups is 1. The van der Waals surface area contributed by atoms with E-state index in [0.29, 0.717) is 5.56 Å². The fraction of sp³-hybridized carbons (Fsp3) is 0.154. The number of rotatable bonds is 3. The summed E-state index contributed by atoms with van der Waals surface area (Å²) in [5.74, 6) is 4.56. The summed E-state index contributed by atoms with van der Waals surface area (Å²) in [6.45, 7) is 1.82. The van der Waals surface area contributed by atoms with Gasteiger partial charge >= 0.3 is 0 Å². The number of hydrogen-bond acceptors (Lipinski definition) is 4. The number of nitrogens with zero attached hydrogens (tertiary/aromatic N) is 1. The van der Waals surface area contributed by atoms with Crippen molar-refractivity contribution in [1.82, 2.24) is 10.4 Å². The van der Waals surface area contributed by atoms with Crippen LogP contribution in [0.3, 0.4) is 0 Å². The normalized spacial score (nSPS) is 12.4. The first-order valence-electron chi connectivity index (χ1n) is 5.66.